The summed E-state index contributed by atoms with van der Waals surface area (Å²) in [6, 6.07) is 0.297. The van der Waals surface area contributed by atoms with Crippen LogP contribution >= 0.6 is 0 Å². The van der Waals surface area contributed by atoms with Crippen molar-refractivity contribution in [1.29, 1.82) is 0 Å². The van der Waals surface area contributed by atoms with Crippen LogP contribution in [0.1, 0.15) is 33.1 Å². The molecular weight excluding hydrogens is 212 g/mol. The largest absolute Gasteiger partial charge is 0.312 e. The first kappa shape index (κ1) is 12.9. The van der Waals surface area contributed by atoms with Crippen LogP contribution in [0.5, 0.6) is 0 Å². The van der Waals surface area contributed by atoms with Crippen LogP contribution in [0.2, 0.25) is 0 Å². The zero-order valence-corrected chi connectivity index (χ0v) is 10.4. The smallest absolute Gasteiger partial charge is 0.211 e. The SMILES string of the molecule is CCCS(=O)(=O)NCC1NCCCC1C. The second-order valence-electron chi connectivity index (χ2n) is 4.35. The van der Waals surface area contributed by atoms with Crippen LogP contribution in [0.25, 0.3) is 0 Å². The summed E-state index contributed by atoms with van der Waals surface area (Å²) in [5.41, 5.74) is 0. The minimum atomic E-state index is -3.04. The van der Waals surface area contributed by atoms with Gasteiger partial charge in [-0.05, 0) is 31.7 Å². The maximum absolute atomic E-state index is 11.4. The molecule has 1 fully saturated rings. The standard InChI is InChI=1S/C10H22N2O2S/c1-3-7-15(13,14)12-8-10-9(2)5-4-6-11-10/h9-12H,3-8H2,1-2H3. The van der Waals surface area contributed by atoms with Gasteiger partial charge < -0.3 is 5.32 Å². The molecule has 90 valence electrons. The summed E-state index contributed by atoms with van der Waals surface area (Å²) in [6.45, 7) is 5.58. The van der Waals surface area contributed by atoms with Gasteiger partial charge >= 0.3 is 0 Å². The summed E-state index contributed by atoms with van der Waals surface area (Å²) in [6.07, 6.45) is 3.05. The van der Waals surface area contributed by atoms with Crippen LogP contribution in [0.15, 0.2) is 0 Å². The van der Waals surface area contributed by atoms with Gasteiger partial charge in [-0.3, -0.25) is 0 Å². The Labute approximate surface area is 92.9 Å². The lowest BCUT2D eigenvalue weighted by Gasteiger charge is -2.30. The summed E-state index contributed by atoms with van der Waals surface area (Å²) in [5.74, 6) is 0.789. The molecule has 2 unspecified atom stereocenters. The van der Waals surface area contributed by atoms with E-state index in [1.54, 1.807) is 0 Å². The van der Waals surface area contributed by atoms with Gasteiger partial charge in [-0.15, -0.1) is 0 Å². The molecule has 0 saturated carbocycles. The Morgan fingerprint density at radius 3 is 2.80 bits per heavy atom. The van der Waals surface area contributed by atoms with E-state index in [2.05, 4.69) is 17.0 Å². The molecule has 0 radical (unpaired) electrons. The topological polar surface area (TPSA) is 58.2 Å². The lowest BCUT2D eigenvalue weighted by Crippen LogP contribution is -2.48. The van der Waals surface area contributed by atoms with Crippen LogP contribution in [0.3, 0.4) is 0 Å². The second-order valence-corrected chi connectivity index (χ2v) is 6.27. The van der Waals surface area contributed by atoms with E-state index in [1.807, 2.05) is 6.92 Å². The van der Waals surface area contributed by atoms with Crippen LogP contribution in [0.4, 0.5) is 0 Å². The molecule has 1 saturated heterocycles. The number of rotatable bonds is 5. The van der Waals surface area contributed by atoms with E-state index in [0.717, 1.165) is 6.54 Å². The third-order valence-corrected chi connectivity index (χ3v) is 4.48. The number of piperidine rings is 1. The molecule has 0 aromatic heterocycles. The second kappa shape index (κ2) is 5.82. The molecule has 2 N–H and O–H groups in total. The van der Waals surface area contributed by atoms with E-state index in [9.17, 15) is 8.42 Å². The zero-order chi connectivity index (χ0) is 11.3. The number of sulfonamides is 1. The van der Waals surface area contributed by atoms with E-state index in [-0.39, 0.29) is 5.75 Å². The first-order valence-electron chi connectivity index (χ1n) is 5.76. The molecule has 0 spiro atoms. The minimum absolute atomic E-state index is 0.230. The molecule has 0 aliphatic carbocycles. The van der Waals surface area contributed by atoms with E-state index in [4.69, 9.17) is 0 Å². The fourth-order valence-electron chi connectivity index (χ4n) is 1.94. The highest BCUT2D eigenvalue weighted by molar-refractivity contribution is 7.89. The molecule has 0 bridgehead atoms. The molecule has 0 aromatic rings. The number of hydrogen-bond acceptors (Lipinski definition) is 3. The van der Waals surface area contributed by atoms with Crippen molar-refractivity contribution < 1.29 is 8.42 Å². The molecule has 4 nitrogen and oxygen atoms in total. The maximum Gasteiger partial charge on any atom is 0.211 e. The molecule has 5 heteroatoms. The normalized spacial score (nSPS) is 27.9. The minimum Gasteiger partial charge on any atom is -0.312 e. The molecule has 15 heavy (non-hydrogen) atoms. The van der Waals surface area contributed by atoms with Gasteiger partial charge in [0.25, 0.3) is 0 Å². The van der Waals surface area contributed by atoms with Crippen molar-refractivity contribution in [2.45, 2.75) is 39.2 Å². The highest BCUT2D eigenvalue weighted by Gasteiger charge is 2.22. The average molecular weight is 234 g/mol. The van der Waals surface area contributed by atoms with Crippen molar-refractivity contribution in [1.82, 2.24) is 10.0 Å². The van der Waals surface area contributed by atoms with Crippen molar-refractivity contribution >= 4 is 10.0 Å². The maximum atomic E-state index is 11.4. The monoisotopic (exact) mass is 234 g/mol. The predicted molar refractivity (Wildman–Crippen MR) is 62.3 cm³/mol. The Hall–Kier alpha value is -0.130. The highest BCUT2D eigenvalue weighted by atomic mass is 32.2. The zero-order valence-electron chi connectivity index (χ0n) is 9.62. The fourth-order valence-corrected chi connectivity index (χ4v) is 3.06. The Morgan fingerprint density at radius 2 is 2.20 bits per heavy atom. The van der Waals surface area contributed by atoms with E-state index >= 15 is 0 Å². The summed E-state index contributed by atoms with van der Waals surface area (Å²) in [5, 5.41) is 3.36. The van der Waals surface area contributed by atoms with Gasteiger partial charge in [0.05, 0.1) is 5.75 Å². The molecule has 0 amide bonds. The summed E-state index contributed by atoms with van der Waals surface area (Å²) in [7, 11) is -3.04. The van der Waals surface area contributed by atoms with Crippen LogP contribution in [-0.2, 0) is 10.0 Å². The van der Waals surface area contributed by atoms with Gasteiger partial charge in [-0.1, -0.05) is 13.8 Å². The third kappa shape index (κ3) is 4.49. The molecular formula is C10H22N2O2S. The van der Waals surface area contributed by atoms with Crippen molar-refractivity contribution in [3.8, 4) is 0 Å². The summed E-state index contributed by atoms with van der Waals surface area (Å²) < 4.78 is 25.6. The Kier molecular flexibility index (Phi) is 5.02. The Balaban J connectivity index is 2.35. The van der Waals surface area contributed by atoms with Crippen LogP contribution in [0, 0.1) is 5.92 Å². The van der Waals surface area contributed by atoms with Gasteiger partial charge in [0.2, 0.25) is 10.0 Å². The summed E-state index contributed by atoms with van der Waals surface area (Å²) >= 11 is 0. The van der Waals surface area contributed by atoms with Crippen LogP contribution in [-0.4, -0.2) is 33.3 Å². The number of hydrogen-bond donors (Lipinski definition) is 2. The summed E-state index contributed by atoms with van der Waals surface area (Å²) in [4.78, 5) is 0. The van der Waals surface area contributed by atoms with Gasteiger partial charge in [0, 0.05) is 12.6 Å². The van der Waals surface area contributed by atoms with Gasteiger partial charge in [0.15, 0.2) is 0 Å². The molecule has 1 heterocycles. The lowest BCUT2D eigenvalue weighted by atomic mass is 9.93. The predicted octanol–water partition coefficient (Wildman–Crippen LogP) is 0.704. The van der Waals surface area contributed by atoms with E-state index in [0.29, 0.717) is 24.9 Å². The van der Waals surface area contributed by atoms with Crippen molar-refractivity contribution in [2.24, 2.45) is 5.92 Å². The first-order chi connectivity index (χ1) is 7.05. The average Bonchev–Trinajstić information content (AvgIpc) is 2.16. The van der Waals surface area contributed by atoms with E-state index < -0.39 is 10.0 Å². The van der Waals surface area contributed by atoms with Crippen molar-refractivity contribution in [2.75, 3.05) is 18.8 Å². The van der Waals surface area contributed by atoms with Gasteiger partial charge in [-0.25, -0.2) is 13.1 Å². The quantitative estimate of drug-likeness (QED) is 0.736. The third-order valence-electron chi connectivity index (χ3n) is 2.93. The van der Waals surface area contributed by atoms with E-state index in [1.165, 1.54) is 12.8 Å². The van der Waals surface area contributed by atoms with Gasteiger partial charge in [0.1, 0.15) is 0 Å². The van der Waals surface area contributed by atoms with Crippen LogP contribution < -0.4 is 10.0 Å². The molecule has 0 aromatic carbocycles. The van der Waals surface area contributed by atoms with Crippen molar-refractivity contribution in [3.05, 3.63) is 0 Å². The first-order valence-corrected chi connectivity index (χ1v) is 7.41. The Morgan fingerprint density at radius 1 is 1.47 bits per heavy atom. The molecule has 1 aliphatic heterocycles. The fraction of sp³-hybridized carbons (Fsp3) is 1.00. The molecule has 2 atom stereocenters. The van der Waals surface area contributed by atoms with Gasteiger partial charge in [-0.2, -0.15) is 0 Å². The Bertz CT molecular complexity index is 277. The lowest BCUT2D eigenvalue weighted by molar-refractivity contribution is 0.300. The molecule has 1 rings (SSSR count). The highest BCUT2D eigenvalue weighted by Crippen LogP contribution is 2.14. The number of nitrogens with one attached hydrogen (secondary N) is 2. The van der Waals surface area contributed by atoms with Crippen molar-refractivity contribution in [3.63, 3.8) is 0 Å². The molecule has 1 aliphatic rings.